The van der Waals surface area contributed by atoms with Crippen molar-refractivity contribution < 1.29 is 13.9 Å². The average molecular weight is 342 g/mol. The van der Waals surface area contributed by atoms with Gasteiger partial charge in [-0.15, -0.1) is 0 Å². The second-order valence-electron chi connectivity index (χ2n) is 4.72. The van der Waals surface area contributed by atoms with Crippen LogP contribution in [0.3, 0.4) is 0 Å². The molecule has 116 valence electrons. The molecule has 0 spiro atoms. The highest BCUT2D eigenvalue weighted by molar-refractivity contribution is 6.35. The van der Waals surface area contributed by atoms with E-state index in [9.17, 15) is 9.18 Å². The van der Waals surface area contributed by atoms with Crippen LogP contribution >= 0.6 is 23.2 Å². The van der Waals surface area contributed by atoms with Gasteiger partial charge in [0, 0.05) is 11.6 Å². The normalized spacial score (nSPS) is 10.4. The molecule has 0 aliphatic rings. The van der Waals surface area contributed by atoms with Gasteiger partial charge in [-0.3, -0.25) is 4.79 Å². The van der Waals surface area contributed by atoms with Crippen LogP contribution in [0, 0.1) is 12.7 Å². The molecule has 0 saturated carbocycles. The maximum absolute atomic E-state index is 13.1. The number of carbonyl (C=O) groups is 1. The third-order valence-corrected chi connectivity index (χ3v) is 3.50. The molecule has 3 nitrogen and oxygen atoms in total. The Kier molecular flexibility index (Phi) is 5.63. The summed E-state index contributed by atoms with van der Waals surface area (Å²) in [5.41, 5.74) is 1.35. The van der Waals surface area contributed by atoms with E-state index < -0.39 is 0 Å². The zero-order chi connectivity index (χ0) is 16.1. The van der Waals surface area contributed by atoms with E-state index in [4.69, 9.17) is 27.9 Å². The van der Waals surface area contributed by atoms with Gasteiger partial charge in [-0.25, -0.2) is 4.39 Å². The fraction of sp³-hybridized carbons (Fsp3) is 0.188. The summed E-state index contributed by atoms with van der Waals surface area (Å²) in [4.78, 5) is 11.7. The fourth-order valence-electron chi connectivity index (χ4n) is 1.80. The highest BCUT2D eigenvalue weighted by Gasteiger charge is 2.07. The van der Waals surface area contributed by atoms with Crippen LogP contribution < -0.4 is 10.1 Å². The number of benzene rings is 2. The molecule has 0 radical (unpaired) electrons. The first-order valence-electron chi connectivity index (χ1n) is 6.55. The number of nitrogens with one attached hydrogen (secondary N) is 1. The van der Waals surface area contributed by atoms with Gasteiger partial charge in [0.1, 0.15) is 11.6 Å². The van der Waals surface area contributed by atoms with Crippen LogP contribution in [-0.2, 0) is 11.3 Å². The molecule has 0 heterocycles. The molecule has 0 unspecified atom stereocenters. The minimum Gasteiger partial charge on any atom is -0.482 e. The maximum Gasteiger partial charge on any atom is 0.258 e. The molecule has 1 N–H and O–H groups in total. The van der Waals surface area contributed by atoms with Crippen molar-refractivity contribution in [2.75, 3.05) is 6.61 Å². The van der Waals surface area contributed by atoms with Crippen molar-refractivity contribution >= 4 is 29.1 Å². The first kappa shape index (κ1) is 16.6. The number of hydrogen-bond acceptors (Lipinski definition) is 2. The molecule has 0 aliphatic heterocycles. The first-order valence-corrected chi connectivity index (χ1v) is 7.31. The molecular weight excluding hydrogens is 328 g/mol. The Morgan fingerprint density at radius 3 is 2.68 bits per heavy atom. The molecule has 6 heteroatoms. The number of amides is 1. The highest BCUT2D eigenvalue weighted by Crippen LogP contribution is 2.27. The van der Waals surface area contributed by atoms with Crippen molar-refractivity contribution in [1.29, 1.82) is 0 Å². The van der Waals surface area contributed by atoms with Gasteiger partial charge in [-0.05, 0) is 42.3 Å². The lowest BCUT2D eigenvalue weighted by molar-refractivity contribution is -0.123. The number of rotatable bonds is 5. The predicted molar refractivity (Wildman–Crippen MR) is 84.9 cm³/mol. The van der Waals surface area contributed by atoms with E-state index in [0.717, 1.165) is 5.56 Å². The molecule has 0 aliphatic carbocycles. The number of carbonyl (C=O) groups excluding carboxylic acids is 1. The smallest absolute Gasteiger partial charge is 0.258 e. The Morgan fingerprint density at radius 2 is 2.00 bits per heavy atom. The molecule has 2 aromatic carbocycles. The number of aryl methyl sites for hydroxylation is 1. The summed E-state index contributed by atoms with van der Waals surface area (Å²) >= 11 is 11.7. The Hall–Kier alpha value is -1.78. The summed E-state index contributed by atoms with van der Waals surface area (Å²) < 4.78 is 18.5. The van der Waals surface area contributed by atoms with E-state index in [1.54, 1.807) is 31.2 Å². The maximum atomic E-state index is 13.1. The van der Waals surface area contributed by atoms with Gasteiger partial charge in [-0.1, -0.05) is 35.3 Å². The van der Waals surface area contributed by atoms with Crippen LogP contribution in [0.25, 0.3) is 0 Å². The van der Waals surface area contributed by atoms with Crippen LogP contribution in [0.5, 0.6) is 5.75 Å². The lowest BCUT2D eigenvalue weighted by atomic mass is 10.1. The fourth-order valence-corrected chi connectivity index (χ4v) is 2.27. The number of ether oxygens (including phenoxy) is 1. The van der Waals surface area contributed by atoms with Gasteiger partial charge in [0.15, 0.2) is 6.61 Å². The molecule has 0 saturated heterocycles. The SMILES string of the molecule is Cc1cc(CNC(=O)COc2ccc(Cl)cc2Cl)ccc1F. The minimum atomic E-state index is -0.298. The van der Waals surface area contributed by atoms with Crippen molar-refractivity contribution in [1.82, 2.24) is 5.32 Å². The van der Waals surface area contributed by atoms with Crippen molar-refractivity contribution in [3.8, 4) is 5.75 Å². The van der Waals surface area contributed by atoms with E-state index in [2.05, 4.69) is 5.32 Å². The number of halogens is 3. The third-order valence-electron chi connectivity index (χ3n) is 2.96. The minimum absolute atomic E-state index is 0.165. The van der Waals surface area contributed by atoms with Crippen LogP contribution in [0.15, 0.2) is 36.4 Å². The Morgan fingerprint density at radius 1 is 1.23 bits per heavy atom. The summed E-state index contributed by atoms with van der Waals surface area (Å²) in [6.45, 7) is 1.81. The second-order valence-corrected chi connectivity index (χ2v) is 5.57. The molecule has 2 rings (SSSR count). The van der Waals surface area contributed by atoms with Crippen LogP contribution in [0.2, 0.25) is 10.0 Å². The number of hydrogen-bond donors (Lipinski definition) is 1. The molecule has 2 aromatic rings. The van der Waals surface area contributed by atoms with Crippen LogP contribution in [0.1, 0.15) is 11.1 Å². The quantitative estimate of drug-likeness (QED) is 0.887. The third kappa shape index (κ3) is 4.61. The summed E-state index contributed by atoms with van der Waals surface area (Å²) in [6.07, 6.45) is 0. The molecule has 0 atom stereocenters. The van der Waals surface area contributed by atoms with Crippen molar-refractivity contribution in [3.63, 3.8) is 0 Å². The van der Waals surface area contributed by atoms with E-state index in [0.29, 0.717) is 27.9 Å². The van der Waals surface area contributed by atoms with Crippen molar-refractivity contribution in [3.05, 3.63) is 63.4 Å². The van der Waals surface area contributed by atoms with Crippen molar-refractivity contribution in [2.24, 2.45) is 0 Å². The van der Waals surface area contributed by atoms with E-state index in [1.807, 2.05) is 0 Å². The monoisotopic (exact) mass is 341 g/mol. The van der Waals surface area contributed by atoms with Crippen LogP contribution in [0.4, 0.5) is 4.39 Å². The zero-order valence-corrected chi connectivity index (χ0v) is 13.3. The standard InChI is InChI=1S/C16H14Cl2FNO2/c1-10-6-11(2-4-14(10)19)8-20-16(21)9-22-15-5-3-12(17)7-13(15)18/h2-7H,8-9H2,1H3,(H,20,21). The lowest BCUT2D eigenvalue weighted by Crippen LogP contribution is -2.28. The summed E-state index contributed by atoms with van der Waals surface area (Å²) in [5.74, 6) is -0.178. The molecule has 22 heavy (non-hydrogen) atoms. The molecule has 0 fully saturated rings. The van der Waals surface area contributed by atoms with Crippen molar-refractivity contribution in [2.45, 2.75) is 13.5 Å². The molecule has 0 bridgehead atoms. The second kappa shape index (κ2) is 7.47. The van der Waals surface area contributed by atoms with Gasteiger partial charge in [0.05, 0.1) is 5.02 Å². The predicted octanol–water partition coefficient (Wildman–Crippen LogP) is 4.14. The topological polar surface area (TPSA) is 38.3 Å². The average Bonchev–Trinajstić information content (AvgIpc) is 2.47. The summed E-state index contributed by atoms with van der Waals surface area (Å²) in [5, 5.41) is 3.53. The van der Waals surface area contributed by atoms with Gasteiger partial charge >= 0.3 is 0 Å². The molecule has 0 aromatic heterocycles. The van der Waals surface area contributed by atoms with E-state index >= 15 is 0 Å². The van der Waals surface area contributed by atoms with Crippen LogP contribution in [-0.4, -0.2) is 12.5 Å². The largest absolute Gasteiger partial charge is 0.482 e. The van der Waals surface area contributed by atoms with E-state index in [-0.39, 0.29) is 18.3 Å². The zero-order valence-electron chi connectivity index (χ0n) is 11.8. The summed E-state index contributed by atoms with van der Waals surface area (Å²) in [7, 11) is 0. The Bertz CT molecular complexity index is 692. The van der Waals surface area contributed by atoms with Gasteiger partial charge in [0.2, 0.25) is 0 Å². The Balaban J connectivity index is 1.84. The first-order chi connectivity index (χ1) is 10.5. The molecular formula is C16H14Cl2FNO2. The van der Waals surface area contributed by atoms with Gasteiger partial charge in [0.25, 0.3) is 5.91 Å². The van der Waals surface area contributed by atoms with Gasteiger partial charge < -0.3 is 10.1 Å². The Labute approximate surface area is 138 Å². The summed E-state index contributed by atoms with van der Waals surface area (Å²) in [6, 6.07) is 9.45. The highest BCUT2D eigenvalue weighted by atomic mass is 35.5. The lowest BCUT2D eigenvalue weighted by Gasteiger charge is -2.09. The molecule has 1 amide bonds. The van der Waals surface area contributed by atoms with Gasteiger partial charge in [-0.2, -0.15) is 0 Å². The van der Waals surface area contributed by atoms with E-state index in [1.165, 1.54) is 12.1 Å².